The zero-order valence-electron chi connectivity index (χ0n) is 10.2. The molecule has 2 N–H and O–H groups in total. The van der Waals surface area contributed by atoms with Crippen molar-refractivity contribution in [3.63, 3.8) is 0 Å². The zero-order chi connectivity index (χ0) is 12.3. The maximum atomic E-state index is 12.2. The first-order chi connectivity index (χ1) is 8.74. The van der Waals surface area contributed by atoms with Crippen LogP contribution < -0.4 is 5.32 Å². The van der Waals surface area contributed by atoms with Crippen molar-refractivity contribution < 1.29 is 9.90 Å². The molecule has 1 aromatic carbocycles. The van der Waals surface area contributed by atoms with Crippen molar-refractivity contribution >= 4 is 11.6 Å². The van der Waals surface area contributed by atoms with Gasteiger partial charge in [-0.15, -0.1) is 0 Å². The van der Waals surface area contributed by atoms with Gasteiger partial charge in [-0.1, -0.05) is 0 Å². The molecule has 3 aliphatic carbocycles. The van der Waals surface area contributed by atoms with Gasteiger partial charge in [0.15, 0.2) is 0 Å². The highest BCUT2D eigenvalue weighted by molar-refractivity contribution is 5.95. The molecule has 2 bridgehead atoms. The Hall–Kier alpha value is -1.51. The number of benzene rings is 1. The Balaban J connectivity index is 1.45. The summed E-state index contributed by atoms with van der Waals surface area (Å²) in [5.41, 5.74) is 0.787. The molecule has 4 unspecified atom stereocenters. The van der Waals surface area contributed by atoms with Crippen molar-refractivity contribution in [3.05, 3.63) is 24.3 Å². The lowest BCUT2D eigenvalue weighted by Gasteiger charge is -2.09. The predicted octanol–water partition coefficient (Wildman–Crippen LogP) is 2.62. The van der Waals surface area contributed by atoms with Gasteiger partial charge in [-0.25, -0.2) is 0 Å². The van der Waals surface area contributed by atoms with Gasteiger partial charge in [0.2, 0.25) is 5.91 Å². The smallest absolute Gasteiger partial charge is 0.228 e. The summed E-state index contributed by atoms with van der Waals surface area (Å²) in [5, 5.41) is 12.2. The molecule has 3 saturated carbocycles. The number of amides is 1. The molecule has 4 rings (SSSR count). The second kappa shape index (κ2) is 3.50. The van der Waals surface area contributed by atoms with Crippen LogP contribution in [0.25, 0.3) is 0 Å². The van der Waals surface area contributed by atoms with Crippen LogP contribution in [0.1, 0.15) is 19.3 Å². The molecule has 0 heterocycles. The first-order valence-electron chi connectivity index (χ1n) is 6.84. The molecule has 0 radical (unpaired) electrons. The number of hydrogen-bond donors (Lipinski definition) is 2. The number of hydrogen-bond acceptors (Lipinski definition) is 2. The predicted molar refractivity (Wildman–Crippen MR) is 68.0 cm³/mol. The monoisotopic (exact) mass is 243 g/mol. The SMILES string of the molecule is O=C(Nc1ccc(O)cc1)C1C2C3CCC(C3)C12. The number of fused-ring (bicyclic) bond motifs is 5. The third-order valence-electron chi connectivity index (χ3n) is 5.17. The molecule has 3 nitrogen and oxygen atoms in total. The van der Waals surface area contributed by atoms with Gasteiger partial charge in [0.25, 0.3) is 0 Å². The number of anilines is 1. The summed E-state index contributed by atoms with van der Waals surface area (Å²) in [4.78, 5) is 12.2. The van der Waals surface area contributed by atoms with E-state index in [1.54, 1.807) is 24.3 Å². The lowest BCUT2D eigenvalue weighted by Crippen LogP contribution is -2.18. The second-order valence-electron chi connectivity index (χ2n) is 6.05. The minimum absolute atomic E-state index is 0.187. The Kier molecular flexibility index (Phi) is 2.02. The van der Waals surface area contributed by atoms with Gasteiger partial charge in [-0.05, 0) is 67.2 Å². The van der Waals surface area contributed by atoms with Crippen LogP contribution in [-0.4, -0.2) is 11.0 Å². The maximum absolute atomic E-state index is 12.2. The maximum Gasteiger partial charge on any atom is 0.228 e. The average molecular weight is 243 g/mol. The Morgan fingerprint density at radius 1 is 1.11 bits per heavy atom. The molecule has 0 aliphatic heterocycles. The Morgan fingerprint density at radius 3 is 2.33 bits per heavy atom. The summed E-state index contributed by atoms with van der Waals surface area (Å²) in [6.45, 7) is 0. The van der Waals surface area contributed by atoms with Crippen LogP contribution in [0.4, 0.5) is 5.69 Å². The molecule has 0 saturated heterocycles. The molecule has 18 heavy (non-hydrogen) atoms. The van der Waals surface area contributed by atoms with E-state index in [1.165, 1.54) is 19.3 Å². The van der Waals surface area contributed by atoms with E-state index >= 15 is 0 Å². The van der Waals surface area contributed by atoms with Crippen molar-refractivity contribution in [3.8, 4) is 5.75 Å². The molecule has 94 valence electrons. The van der Waals surface area contributed by atoms with Crippen molar-refractivity contribution in [1.82, 2.24) is 0 Å². The Morgan fingerprint density at radius 2 is 1.72 bits per heavy atom. The summed E-state index contributed by atoms with van der Waals surface area (Å²) < 4.78 is 0. The number of phenols is 1. The highest BCUT2D eigenvalue weighted by atomic mass is 16.3. The van der Waals surface area contributed by atoms with Crippen LogP contribution in [0, 0.1) is 29.6 Å². The fraction of sp³-hybridized carbons (Fsp3) is 0.533. The van der Waals surface area contributed by atoms with E-state index in [4.69, 9.17) is 0 Å². The van der Waals surface area contributed by atoms with E-state index in [0.29, 0.717) is 11.8 Å². The van der Waals surface area contributed by atoms with E-state index in [0.717, 1.165) is 17.5 Å². The summed E-state index contributed by atoms with van der Waals surface area (Å²) in [6.07, 6.45) is 4.06. The molecular weight excluding hydrogens is 226 g/mol. The van der Waals surface area contributed by atoms with Crippen molar-refractivity contribution in [1.29, 1.82) is 0 Å². The second-order valence-corrected chi connectivity index (χ2v) is 6.05. The first-order valence-corrected chi connectivity index (χ1v) is 6.84. The van der Waals surface area contributed by atoms with Gasteiger partial charge < -0.3 is 10.4 Å². The van der Waals surface area contributed by atoms with Crippen molar-refractivity contribution in [2.24, 2.45) is 29.6 Å². The third kappa shape index (κ3) is 1.39. The first kappa shape index (κ1) is 10.4. The van der Waals surface area contributed by atoms with E-state index in [9.17, 15) is 9.90 Å². The van der Waals surface area contributed by atoms with Crippen LogP contribution >= 0.6 is 0 Å². The molecule has 0 spiro atoms. The molecular formula is C15H17NO2. The molecule has 3 fully saturated rings. The lowest BCUT2D eigenvalue weighted by atomic mass is 10.0. The molecule has 0 aromatic heterocycles. The minimum atomic E-state index is 0.187. The number of carbonyl (C=O) groups is 1. The van der Waals surface area contributed by atoms with Crippen LogP contribution in [0.2, 0.25) is 0 Å². The Bertz CT molecular complexity index is 480. The highest BCUT2D eigenvalue weighted by Gasteiger charge is 2.67. The number of phenolic OH excluding ortho intramolecular Hbond substituents is 1. The van der Waals surface area contributed by atoms with Gasteiger partial charge in [0.1, 0.15) is 5.75 Å². The molecule has 3 aliphatic rings. The van der Waals surface area contributed by atoms with Crippen LogP contribution in [-0.2, 0) is 4.79 Å². The number of carbonyl (C=O) groups excluding carboxylic acids is 1. The quantitative estimate of drug-likeness (QED) is 0.784. The minimum Gasteiger partial charge on any atom is -0.508 e. The highest BCUT2D eigenvalue weighted by Crippen LogP contribution is 2.69. The Labute approximate surface area is 106 Å². The van der Waals surface area contributed by atoms with Gasteiger partial charge in [-0.2, -0.15) is 0 Å². The van der Waals surface area contributed by atoms with Crippen LogP contribution in [0.3, 0.4) is 0 Å². The molecule has 4 atom stereocenters. The largest absolute Gasteiger partial charge is 0.508 e. The summed E-state index contributed by atoms with van der Waals surface area (Å²) in [5.74, 6) is 3.71. The number of nitrogens with one attached hydrogen (secondary N) is 1. The van der Waals surface area contributed by atoms with Gasteiger partial charge in [-0.3, -0.25) is 4.79 Å². The molecule has 3 heteroatoms. The topological polar surface area (TPSA) is 49.3 Å². The van der Waals surface area contributed by atoms with Gasteiger partial charge >= 0.3 is 0 Å². The number of aromatic hydroxyl groups is 1. The third-order valence-corrected chi connectivity index (χ3v) is 5.17. The van der Waals surface area contributed by atoms with Crippen molar-refractivity contribution in [2.45, 2.75) is 19.3 Å². The van der Waals surface area contributed by atoms with E-state index in [2.05, 4.69) is 5.32 Å². The molecule has 1 aromatic rings. The summed E-state index contributed by atoms with van der Waals surface area (Å²) >= 11 is 0. The normalized spacial score (nSPS) is 39.4. The zero-order valence-corrected chi connectivity index (χ0v) is 10.2. The summed E-state index contributed by atoms with van der Waals surface area (Å²) in [7, 11) is 0. The number of rotatable bonds is 2. The van der Waals surface area contributed by atoms with Crippen molar-refractivity contribution in [2.75, 3.05) is 5.32 Å². The average Bonchev–Trinajstić information content (AvgIpc) is 2.82. The van der Waals surface area contributed by atoms with Crippen LogP contribution in [0.15, 0.2) is 24.3 Å². The van der Waals surface area contributed by atoms with E-state index in [-0.39, 0.29) is 17.6 Å². The standard InChI is InChI=1S/C15H17NO2/c17-11-5-3-10(4-6-11)16-15(18)14-12-8-1-2-9(7-8)13(12)14/h3-6,8-9,12-14,17H,1-2,7H2,(H,16,18). The van der Waals surface area contributed by atoms with E-state index in [1.807, 2.05) is 0 Å². The van der Waals surface area contributed by atoms with Gasteiger partial charge in [0.05, 0.1) is 0 Å². The fourth-order valence-corrected chi connectivity index (χ4v) is 4.45. The fourth-order valence-electron chi connectivity index (χ4n) is 4.45. The van der Waals surface area contributed by atoms with Crippen LogP contribution in [0.5, 0.6) is 5.75 Å². The van der Waals surface area contributed by atoms with E-state index < -0.39 is 0 Å². The molecule has 1 amide bonds. The lowest BCUT2D eigenvalue weighted by molar-refractivity contribution is -0.118. The van der Waals surface area contributed by atoms with Gasteiger partial charge in [0, 0.05) is 11.6 Å². The summed E-state index contributed by atoms with van der Waals surface area (Å²) in [6, 6.07) is 6.71.